The molecule has 3 atom stereocenters. The Morgan fingerprint density at radius 1 is 1.16 bits per heavy atom. The third kappa shape index (κ3) is 6.30. The van der Waals surface area contributed by atoms with Crippen LogP contribution in [0.2, 0.25) is 0 Å². The second-order valence-corrected chi connectivity index (χ2v) is 9.79. The topological polar surface area (TPSA) is 104 Å². The Balaban J connectivity index is 1.78. The molecule has 0 N–H and O–H groups in total. The number of anilines is 1. The van der Waals surface area contributed by atoms with Gasteiger partial charge in [-0.05, 0) is 57.9 Å². The van der Waals surface area contributed by atoms with Gasteiger partial charge in [0, 0.05) is 25.6 Å². The number of rotatable bonds is 10. The number of nitrogens with zero attached hydrogens (tertiary/aromatic N) is 2. The van der Waals surface area contributed by atoms with Crippen LogP contribution in [0, 0.1) is 0 Å². The molecule has 2 amide bonds. The molecule has 1 aromatic carbocycles. The number of methoxy groups -OCH3 is 1. The fraction of sp³-hybridized carbons (Fsp3) is 0.607. The first-order valence-electron chi connectivity index (χ1n) is 13.4. The van der Waals surface area contributed by atoms with Crippen molar-refractivity contribution in [1.82, 2.24) is 4.90 Å². The number of ketones is 1. The van der Waals surface area contributed by atoms with E-state index < -0.39 is 18.6 Å². The molecule has 0 spiro atoms. The molecule has 1 aromatic rings. The summed E-state index contributed by atoms with van der Waals surface area (Å²) >= 11 is 0. The van der Waals surface area contributed by atoms with Crippen LogP contribution in [0.25, 0.3) is 0 Å². The summed E-state index contributed by atoms with van der Waals surface area (Å²) in [5, 5.41) is 0. The van der Waals surface area contributed by atoms with Crippen LogP contribution in [0.3, 0.4) is 0 Å². The van der Waals surface area contributed by atoms with Gasteiger partial charge in [0.25, 0.3) is 5.91 Å². The summed E-state index contributed by atoms with van der Waals surface area (Å²) in [6.45, 7) is 6.59. The van der Waals surface area contributed by atoms with Gasteiger partial charge in [0.1, 0.15) is 12.4 Å². The SMILES string of the molecule is C=CCOC(=O)N1c2cc(OCCCC(C)=O)c(OC)cc2C(=O)N2CCCC[C@H]2C1OC1CCCCO1. The van der Waals surface area contributed by atoms with Crippen LogP contribution in [-0.2, 0) is 19.0 Å². The number of fused-ring (bicyclic) bond motifs is 2. The van der Waals surface area contributed by atoms with Crippen LogP contribution in [0.4, 0.5) is 10.5 Å². The molecular formula is C28H38N2O8. The third-order valence-electron chi connectivity index (χ3n) is 7.05. The van der Waals surface area contributed by atoms with E-state index in [0.29, 0.717) is 61.6 Å². The Labute approximate surface area is 223 Å². The number of benzene rings is 1. The lowest BCUT2D eigenvalue weighted by atomic mass is 10.00. The summed E-state index contributed by atoms with van der Waals surface area (Å²) in [5.74, 6) is 0.591. The van der Waals surface area contributed by atoms with Gasteiger partial charge < -0.3 is 33.4 Å². The summed E-state index contributed by atoms with van der Waals surface area (Å²) in [6, 6.07) is 2.86. The Hall–Kier alpha value is -3.11. The van der Waals surface area contributed by atoms with Crippen molar-refractivity contribution < 1.29 is 38.1 Å². The molecule has 208 valence electrons. The van der Waals surface area contributed by atoms with Crippen LogP contribution in [-0.4, -0.2) is 74.7 Å². The fourth-order valence-corrected chi connectivity index (χ4v) is 5.19. The molecule has 3 aliphatic rings. The molecule has 2 saturated heterocycles. The van der Waals surface area contributed by atoms with Crippen LogP contribution in [0.15, 0.2) is 24.8 Å². The Morgan fingerprint density at radius 3 is 2.68 bits per heavy atom. The minimum absolute atomic E-state index is 0.00417. The van der Waals surface area contributed by atoms with Crippen LogP contribution >= 0.6 is 0 Å². The van der Waals surface area contributed by atoms with Gasteiger partial charge in [-0.2, -0.15) is 0 Å². The van der Waals surface area contributed by atoms with Crippen molar-refractivity contribution in [2.45, 2.75) is 76.9 Å². The largest absolute Gasteiger partial charge is 0.493 e. The maximum Gasteiger partial charge on any atom is 0.416 e. The highest BCUT2D eigenvalue weighted by atomic mass is 16.7. The molecule has 2 unspecified atom stereocenters. The van der Waals surface area contributed by atoms with Gasteiger partial charge in [0.15, 0.2) is 24.0 Å². The Morgan fingerprint density at radius 2 is 1.97 bits per heavy atom. The fourth-order valence-electron chi connectivity index (χ4n) is 5.19. The first kappa shape index (κ1) is 27.9. The number of carbonyl (C=O) groups is 3. The van der Waals surface area contributed by atoms with Gasteiger partial charge in [-0.1, -0.05) is 12.7 Å². The molecule has 38 heavy (non-hydrogen) atoms. The highest BCUT2D eigenvalue weighted by molar-refractivity contribution is 6.06. The van der Waals surface area contributed by atoms with Gasteiger partial charge in [-0.3, -0.25) is 4.79 Å². The summed E-state index contributed by atoms with van der Waals surface area (Å²) < 4.78 is 29.4. The number of hydrogen-bond acceptors (Lipinski definition) is 8. The molecule has 4 rings (SSSR count). The van der Waals surface area contributed by atoms with Crippen molar-refractivity contribution in [2.24, 2.45) is 0 Å². The van der Waals surface area contributed by atoms with E-state index in [-0.39, 0.29) is 30.9 Å². The number of piperidine rings is 1. The van der Waals surface area contributed by atoms with Gasteiger partial charge in [-0.25, -0.2) is 9.69 Å². The summed E-state index contributed by atoms with van der Waals surface area (Å²) in [5.41, 5.74) is 0.623. The second-order valence-electron chi connectivity index (χ2n) is 9.79. The Bertz CT molecular complexity index is 1020. The molecular weight excluding hydrogens is 492 g/mol. The minimum atomic E-state index is -0.820. The molecule has 3 aliphatic heterocycles. The minimum Gasteiger partial charge on any atom is -0.493 e. The maximum atomic E-state index is 13.9. The quantitative estimate of drug-likeness (QED) is 0.323. The molecule has 0 saturated carbocycles. The van der Waals surface area contributed by atoms with Gasteiger partial charge in [0.2, 0.25) is 0 Å². The molecule has 10 heteroatoms. The van der Waals surface area contributed by atoms with E-state index in [1.54, 1.807) is 17.0 Å². The monoisotopic (exact) mass is 530 g/mol. The summed E-state index contributed by atoms with van der Waals surface area (Å²) in [7, 11) is 1.50. The average Bonchev–Trinajstić information content (AvgIpc) is 3.02. The van der Waals surface area contributed by atoms with E-state index in [1.165, 1.54) is 25.0 Å². The molecule has 0 radical (unpaired) electrons. The molecule has 2 fully saturated rings. The van der Waals surface area contributed by atoms with E-state index >= 15 is 0 Å². The van der Waals surface area contributed by atoms with E-state index in [2.05, 4.69) is 6.58 Å². The average molecular weight is 531 g/mol. The lowest BCUT2D eigenvalue weighted by molar-refractivity contribution is -0.198. The predicted octanol–water partition coefficient (Wildman–Crippen LogP) is 4.45. The van der Waals surface area contributed by atoms with E-state index in [1.807, 2.05) is 0 Å². The lowest BCUT2D eigenvalue weighted by Crippen LogP contribution is -2.57. The highest BCUT2D eigenvalue weighted by Gasteiger charge is 2.46. The zero-order valence-corrected chi connectivity index (χ0v) is 22.3. The van der Waals surface area contributed by atoms with Crippen molar-refractivity contribution in [1.29, 1.82) is 0 Å². The lowest BCUT2D eigenvalue weighted by Gasteiger charge is -2.42. The van der Waals surface area contributed by atoms with E-state index in [9.17, 15) is 14.4 Å². The zero-order chi connectivity index (χ0) is 27.1. The molecule has 10 nitrogen and oxygen atoms in total. The first-order chi connectivity index (χ1) is 18.4. The van der Waals surface area contributed by atoms with Crippen molar-refractivity contribution in [3.05, 3.63) is 30.4 Å². The first-order valence-corrected chi connectivity index (χ1v) is 13.4. The smallest absolute Gasteiger partial charge is 0.416 e. The zero-order valence-electron chi connectivity index (χ0n) is 22.3. The summed E-state index contributed by atoms with van der Waals surface area (Å²) in [4.78, 5) is 42.1. The highest BCUT2D eigenvalue weighted by Crippen LogP contribution is 2.42. The summed E-state index contributed by atoms with van der Waals surface area (Å²) in [6.07, 6.45) is 5.49. The Kier molecular flexibility index (Phi) is 9.63. The number of hydrogen-bond donors (Lipinski definition) is 0. The van der Waals surface area contributed by atoms with Crippen LogP contribution < -0.4 is 14.4 Å². The standard InChI is InChI=1S/C28H38N2O8/c1-4-14-37-28(33)30-22-18-24(35-16-9-10-19(2)31)23(34-3)17-20(22)26(32)29-13-7-5-11-21(29)27(30)38-25-12-6-8-15-36-25/h4,17-18,21,25,27H,1,5-16H2,2-3H3/t21-,25?,27?/m0/s1. The van der Waals surface area contributed by atoms with Crippen molar-refractivity contribution >= 4 is 23.5 Å². The van der Waals surface area contributed by atoms with Crippen molar-refractivity contribution in [2.75, 3.05) is 38.4 Å². The molecule has 0 aliphatic carbocycles. The second kappa shape index (κ2) is 13.1. The van der Waals surface area contributed by atoms with Crippen molar-refractivity contribution in [3.8, 4) is 11.5 Å². The number of carbonyl (C=O) groups excluding carboxylic acids is 3. The number of amides is 2. The van der Waals surface area contributed by atoms with E-state index in [0.717, 1.165) is 25.7 Å². The van der Waals surface area contributed by atoms with Crippen molar-refractivity contribution in [3.63, 3.8) is 0 Å². The van der Waals surface area contributed by atoms with Crippen LogP contribution in [0.5, 0.6) is 11.5 Å². The van der Waals surface area contributed by atoms with E-state index in [4.69, 9.17) is 23.7 Å². The molecule has 0 aromatic heterocycles. The predicted molar refractivity (Wildman–Crippen MR) is 140 cm³/mol. The molecule has 0 bridgehead atoms. The number of Topliss-reactive ketones (excluding diaryl/α,β-unsaturated/α-hetero) is 1. The number of ether oxygens (including phenoxy) is 5. The van der Waals surface area contributed by atoms with Gasteiger partial charge in [0.05, 0.1) is 31.0 Å². The van der Waals surface area contributed by atoms with Crippen LogP contribution in [0.1, 0.15) is 68.6 Å². The molecule has 3 heterocycles. The maximum absolute atomic E-state index is 13.9. The third-order valence-corrected chi connectivity index (χ3v) is 7.05. The van der Waals surface area contributed by atoms with Gasteiger partial charge >= 0.3 is 6.09 Å². The normalized spacial score (nSPS) is 23.1. The van der Waals surface area contributed by atoms with Gasteiger partial charge in [-0.15, -0.1) is 0 Å².